The normalized spacial score (nSPS) is 9.47. The van der Waals surface area contributed by atoms with Crippen LogP contribution >= 0.6 is 0 Å². The van der Waals surface area contributed by atoms with Crippen LogP contribution in [0.2, 0.25) is 0 Å². The van der Waals surface area contributed by atoms with E-state index in [1.165, 1.54) is 0 Å². The summed E-state index contributed by atoms with van der Waals surface area (Å²) in [6, 6.07) is 15.6. The van der Waals surface area contributed by atoms with Crippen molar-refractivity contribution in [1.82, 2.24) is 0 Å². The van der Waals surface area contributed by atoms with Gasteiger partial charge in [0.25, 0.3) is 0 Å². The average molecular weight is 256 g/mol. The van der Waals surface area contributed by atoms with Crippen molar-refractivity contribution < 1.29 is 19.3 Å². The molecule has 96 valence electrons. The van der Waals surface area contributed by atoms with Crippen LogP contribution in [-0.2, 0) is 4.79 Å². The maximum absolute atomic E-state index is 11.0. The first kappa shape index (κ1) is 12.7. The third-order valence-corrected chi connectivity index (χ3v) is 2.19. The molecule has 0 saturated heterocycles. The molecule has 0 aliphatic carbocycles. The smallest absolute Gasteiger partial charge is 0.335 e. The molecule has 2 aromatic carbocycles. The van der Waals surface area contributed by atoms with E-state index < -0.39 is 5.97 Å². The summed E-state index contributed by atoms with van der Waals surface area (Å²) in [5.74, 6) is 1.01. The number of ether oxygens (including phenoxy) is 1. The second-order valence-corrected chi connectivity index (χ2v) is 3.58. The van der Waals surface area contributed by atoms with Crippen LogP contribution in [0.25, 0.3) is 0 Å². The average Bonchev–Trinajstić information content (AvgIpc) is 2.47. The Kier molecular flexibility index (Phi) is 4.18. The lowest BCUT2D eigenvalue weighted by atomic mass is 10.3. The molecule has 0 bridgehead atoms. The molecule has 0 unspecified atom stereocenters. The summed E-state index contributed by atoms with van der Waals surface area (Å²) < 4.78 is 4.93. The van der Waals surface area contributed by atoms with Crippen LogP contribution in [0.3, 0.4) is 0 Å². The van der Waals surface area contributed by atoms with Crippen LogP contribution in [0.5, 0.6) is 17.2 Å². The summed E-state index contributed by atoms with van der Waals surface area (Å²) in [5, 5.41) is 0. The zero-order valence-electron chi connectivity index (χ0n) is 10.1. The zero-order chi connectivity index (χ0) is 13.5. The highest BCUT2D eigenvalue weighted by atomic mass is 17.2. The van der Waals surface area contributed by atoms with Crippen molar-refractivity contribution in [2.75, 3.05) is 0 Å². The number of hydrogen-bond donors (Lipinski definition) is 0. The predicted octanol–water partition coefficient (Wildman–Crippen LogP) is 3.15. The van der Waals surface area contributed by atoms with Crippen molar-refractivity contribution in [3.63, 3.8) is 0 Å². The van der Waals surface area contributed by atoms with Gasteiger partial charge in [0.05, 0.1) is 0 Å². The maximum Gasteiger partial charge on any atom is 0.335 e. The molecule has 0 heterocycles. The highest BCUT2D eigenvalue weighted by Gasteiger charge is 2.01. The molecule has 4 nitrogen and oxygen atoms in total. The molecule has 0 radical (unpaired) electrons. The van der Waals surface area contributed by atoms with Gasteiger partial charge in [0, 0.05) is 6.08 Å². The quantitative estimate of drug-likeness (QED) is 0.271. The Morgan fingerprint density at radius 1 is 0.842 bits per heavy atom. The van der Waals surface area contributed by atoms with Crippen LogP contribution < -0.4 is 14.5 Å². The number of hydrogen-bond acceptors (Lipinski definition) is 4. The van der Waals surface area contributed by atoms with Crippen molar-refractivity contribution >= 4 is 5.97 Å². The van der Waals surface area contributed by atoms with Crippen LogP contribution in [0.4, 0.5) is 0 Å². The van der Waals surface area contributed by atoms with Gasteiger partial charge >= 0.3 is 5.97 Å². The number of rotatable bonds is 5. The highest BCUT2D eigenvalue weighted by Crippen LogP contribution is 2.19. The van der Waals surface area contributed by atoms with Crippen LogP contribution in [0, 0.1) is 0 Å². The lowest BCUT2D eigenvalue weighted by molar-refractivity contribution is -0.128. The lowest BCUT2D eigenvalue weighted by Crippen LogP contribution is -2.03. The minimum Gasteiger partial charge on any atom is -0.423 e. The van der Waals surface area contributed by atoms with Gasteiger partial charge in [-0.05, 0) is 36.4 Å². The summed E-state index contributed by atoms with van der Waals surface area (Å²) in [5.41, 5.74) is 0. The van der Waals surface area contributed by atoms with E-state index in [2.05, 4.69) is 6.58 Å². The molecule has 0 N–H and O–H groups in total. The highest BCUT2D eigenvalue weighted by molar-refractivity contribution is 5.83. The predicted molar refractivity (Wildman–Crippen MR) is 70.0 cm³/mol. The summed E-state index contributed by atoms with van der Waals surface area (Å²) in [4.78, 5) is 21.2. The van der Waals surface area contributed by atoms with Crippen LogP contribution in [0.1, 0.15) is 0 Å². The summed E-state index contributed by atoms with van der Waals surface area (Å²) in [6.07, 6.45) is 1.10. The SMILES string of the molecule is C=CC(=O)Oc1ccc(OOc2ccccc2)cc1. The van der Waals surface area contributed by atoms with Crippen LogP contribution in [0.15, 0.2) is 67.3 Å². The summed E-state index contributed by atoms with van der Waals surface area (Å²) in [7, 11) is 0. The third kappa shape index (κ3) is 3.89. The molecule has 19 heavy (non-hydrogen) atoms. The lowest BCUT2D eigenvalue weighted by Gasteiger charge is -2.06. The van der Waals surface area contributed by atoms with E-state index in [0.29, 0.717) is 17.2 Å². The molecule has 4 heteroatoms. The molecular formula is C15H12O4. The van der Waals surface area contributed by atoms with E-state index in [9.17, 15) is 4.79 Å². The van der Waals surface area contributed by atoms with Crippen molar-refractivity contribution in [1.29, 1.82) is 0 Å². The fourth-order valence-corrected chi connectivity index (χ4v) is 1.29. The molecule has 0 atom stereocenters. The van der Waals surface area contributed by atoms with Gasteiger partial charge in [-0.25, -0.2) is 4.79 Å². The van der Waals surface area contributed by atoms with E-state index >= 15 is 0 Å². The van der Waals surface area contributed by atoms with Crippen LogP contribution in [-0.4, -0.2) is 5.97 Å². The second-order valence-electron chi connectivity index (χ2n) is 3.58. The van der Waals surface area contributed by atoms with Crippen molar-refractivity contribution in [3.8, 4) is 17.2 Å². The molecule has 2 aromatic rings. The third-order valence-electron chi connectivity index (χ3n) is 2.19. The fraction of sp³-hybridized carbons (Fsp3) is 0. The van der Waals surface area contributed by atoms with Crippen molar-refractivity contribution in [2.24, 2.45) is 0 Å². The van der Waals surface area contributed by atoms with Gasteiger partial charge in [-0.3, -0.25) is 9.78 Å². The number of benzene rings is 2. The molecule has 0 fully saturated rings. The minimum atomic E-state index is -0.505. The van der Waals surface area contributed by atoms with Crippen molar-refractivity contribution in [2.45, 2.75) is 0 Å². The molecule has 0 saturated carbocycles. The van der Waals surface area contributed by atoms with E-state index in [-0.39, 0.29) is 0 Å². The van der Waals surface area contributed by atoms with Crippen molar-refractivity contribution in [3.05, 3.63) is 67.3 Å². The number of carbonyl (C=O) groups excluding carboxylic acids is 1. The molecule has 0 aliphatic heterocycles. The van der Waals surface area contributed by atoms with Gasteiger partial charge < -0.3 is 4.74 Å². The first-order chi connectivity index (χ1) is 9.28. The summed E-state index contributed by atoms with van der Waals surface area (Å²) in [6.45, 7) is 3.32. The Bertz CT molecular complexity index is 546. The monoisotopic (exact) mass is 256 g/mol. The molecular weight excluding hydrogens is 244 g/mol. The number of carbonyl (C=O) groups is 1. The number of esters is 1. The molecule has 0 aliphatic rings. The molecule has 2 rings (SSSR count). The van der Waals surface area contributed by atoms with Gasteiger partial charge in [-0.2, -0.15) is 0 Å². The van der Waals surface area contributed by atoms with E-state index in [0.717, 1.165) is 6.08 Å². The van der Waals surface area contributed by atoms with E-state index in [1.54, 1.807) is 36.4 Å². The Morgan fingerprint density at radius 3 is 1.95 bits per heavy atom. The largest absolute Gasteiger partial charge is 0.423 e. The van der Waals surface area contributed by atoms with E-state index in [1.807, 2.05) is 18.2 Å². The Balaban J connectivity index is 1.92. The summed E-state index contributed by atoms with van der Waals surface area (Å²) >= 11 is 0. The zero-order valence-corrected chi connectivity index (χ0v) is 10.1. The van der Waals surface area contributed by atoms with Gasteiger partial charge in [0.2, 0.25) is 0 Å². The second kappa shape index (κ2) is 6.26. The standard InChI is InChI=1S/C15H12O4/c1-2-15(16)17-12-8-10-14(11-9-12)19-18-13-6-4-3-5-7-13/h2-11H,1H2. The number of para-hydroxylation sites is 1. The van der Waals surface area contributed by atoms with Gasteiger partial charge in [-0.1, -0.05) is 24.8 Å². The first-order valence-corrected chi connectivity index (χ1v) is 5.62. The molecule has 0 spiro atoms. The fourth-order valence-electron chi connectivity index (χ4n) is 1.29. The Morgan fingerprint density at radius 2 is 1.37 bits per heavy atom. The maximum atomic E-state index is 11.0. The molecule has 0 amide bonds. The van der Waals surface area contributed by atoms with Gasteiger partial charge in [-0.15, -0.1) is 0 Å². The minimum absolute atomic E-state index is 0.414. The molecule has 0 aromatic heterocycles. The van der Waals surface area contributed by atoms with Gasteiger partial charge in [0.1, 0.15) is 5.75 Å². The van der Waals surface area contributed by atoms with E-state index in [4.69, 9.17) is 14.5 Å². The Hall–Kier alpha value is -2.75. The topological polar surface area (TPSA) is 44.8 Å². The van der Waals surface area contributed by atoms with Gasteiger partial charge in [0.15, 0.2) is 11.5 Å². The Labute approximate surface area is 110 Å². The first-order valence-electron chi connectivity index (χ1n) is 5.62.